The number of amidine groups is 8. The van der Waals surface area contributed by atoms with Gasteiger partial charge in [0.1, 0.15) is 46.0 Å². The Kier molecular flexibility index (Phi) is 37.4. The summed E-state index contributed by atoms with van der Waals surface area (Å²) in [6.45, 7) is 8.93. The Bertz CT molecular complexity index is 5810. The topological polar surface area (TPSA) is 98.4 Å². The van der Waals surface area contributed by atoms with Crippen LogP contribution in [0.3, 0.4) is 0 Å². The maximum atomic E-state index is 7.05. The summed E-state index contributed by atoms with van der Waals surface area (Å²) in [5, 5.41) is 0. The van der Waals surface area contributed by atoms with Crippen molar-refractivity contribution in [3.8, 4) is 46.0 Å². The van der Waals surface area contributed by atoms with Crippen LogP contribution in [0.1, 0.15) is 334 Å². The summed E-state index contributed by atoms with van der Waals surface area (Å²) in [5.74, 6) is 10.8. The van der Waals surface area contributed by atoms with E-state index in [-0.39, 0.29) is 77.7 Å². The van der Waals surface area contributed by atoms with Gasteiger partial charge in [-0.25, -0.2) is 0 Å². The number of rotatable bonds is 56. The van der Waals surface area contributed by atoms with Gasteiger partial charge in [-0.3, -0.25) is 0 Å². The van der Waals surface area contributed by atoms with E-state index in [1.807, 2.05) is 0 Å². The van der Waals surface area contributed by atoms with E-state index < -0.39 is 5.91 Å². The molecule has 8 aromatic rings. The summed E-state index contributed by atoms with van der Waals surface area (Å²) in [6.07, 6.45) is 83.6. The number of hydrogen-bond donors (Lipinski definition) is 0. The third-order valence-electron chi connectivity index (χ3n) is 25.8. The number of aryl methyl sites for hydroxylation is 4. The molecule has 8 aliphatic heterocycles. The summed E-state index contributed by atoms with van der Waals surface area (Å²) in [5.41, 5.74) is 12.5. The van der Waals surface area contributed by atoms with Gasteiger partial charge in [-0.15, -0.1) is 18.3 Å². The summed E-state index contributed by atoms with van der Waals surface area (Å²) < 4.78 is 37.6. The molecular weight excluding hydrogens is 1730 g/mol. The molecule has 12 nitrogen and oxygen atoms in total. The minimum atomic E-state index is -1.32. The van der Waals surface area contributed by atoms with E-state index in [2.05, 4.69) is 313 Å². The molecule has 16 rings (SSSR count). The molecule has 0 fully saturated rings. The van der Waals surface area contributed by atoms with E-state index in [4.69, 9.17) is 38.9 Å². The number of aliphatic imine (C=N–C) groups is 4. The van der Waals surface area contributed by atoms with E-state index in [0.717, 1.165) is 248 Å². The molecule has 0 amide bonds. The van der Waals surface area contributed by atoms with Crippen LogP contribution in [0.5, 0.6) is 46.0 Å². The number of nitrogens with zero attached hydrogens (tertiary/aromatic N) is 8. The molecule has 8 aromatic carbocycles. The van der Waals surface area contributed by atoms with Gasteiger partial charge >= 0.3 is 74.8 Å². The Labute approximate surface area is 843 Å². The van der Waals surface area contributed by atoms with Crippen LogP contribution in [-0.4, -0.2) is 70.9 Å². The van der Waals surface area contributed by atoms with Crippen LogP contribution in [-0.2, 0) is 25.7 Å². The van der Waals surface area contributed by atoms with Crippen LogP contribution < -0.4 is 87.8 Å². The maximum Gasteiger partial charge on any atom is 1.00 e. The van der Waals surface area contributed by atoms with Crippen molar-refractivity contribution in [3.63, 3.8) is 0 Å². The van der Waals surface area contributed by atoms with E-state index >= 15 is 0 Å². The standard InChI is InChI=1S/C117H136N8O4.CH4.Cs.H/c1-5-9-13-17-21-25-29-33-37-41-45-49-53-61-89-65-57-69-93(81-89)126-97-73-77-101-105(85-97)113-119-111-103-79-75-98(127-94-70-58-66-90(82-94)62-54-50-46-42-38-34-30-26-22-18-14-10-6-2)86-106(103)114-120-112-104-80-76-100(129-96-72-60-68-92(84-96)64-56-52-48-44-40-36-32-28-24-20-16-12-8-4)88-108(104)116-121-115-107-87-99(74-78-102(107)110-118-109(101)122(113)117(123(110)115,124(111)114)125(112)116)128-95-71-59-67-91(83-95)63-55-51-47-43-39-35-31-27-23-19-15-11-7-3;;;/h13-20,25-32,57-60,65-88H,5-12,21-24,33-56,61-64H2,1-4H3;1H4;;/q+4;;+1;-1/b17-13+,18-14+,19-15+,20-16+,29-25+,30-26+,31-27+,32-28+;;;/t117-;;;/m1.../s1. The summed E-state index contributed by atoms with van der Waals surface area (Å²) in [6, 6.07) is 60.6. The average Bonchev–Trinajstić information content (AvgIpc) is 1.46. The number of allylic oxidation sites excluding steroid dienone is 16. The third kappa shape index (κ3) is 24.5. The fourth-order valence-corrected chi connectivity index (χ4v) is 19.0. The first-order chi connectivity index (χ1) is 63.9. The summed E-state index contributed by atoms with van der Waals surface area (Å²) in [4.78, 5) is 23.8. The molecule has 13 heteroatoms. The predicted molar refractivity (Wildman–Crippen MR) is 543 cm³/mol. The van der Waals surface area contributed by atoms with Crippen molar-refractivity contribution in [1.82, 2.24) is 0 Å². The largest absolute Gasteiger partial charge is 1.00 e. The molecule has 8 heterocycles. The van der Waals surface area contributed by atoms with Crippen LogP contribution in [0, 0.1) is 0 Å². The van der Waals surface area contributed by atoms with E-state index in [1.165, 1.54) is 151 Å². The zero-order valence-corrected chi connectivity index (χ0v) is 84.7. The molecule has 0 saturated heterocycles. The third-order valence-corrected chi connectivity index (χ3v) is 25.8. The van der Waals surface area contributed by atoms with Crippen LogP contribution in [0.15, 0.2) is 287 Å². The fraction of sp³-hybridized carbons (Fsp3) is 0.390. The molecule has 674 valence electrons. The first kappa shape index (κ1) is 97.3. The van der Waals surface area contributed by atoms with Crippen LogP contribution in [0.25, 0.3) is 0 Å². The molecular formula is C118H141CsN8O4+4. The molecule has 0 bridgehead atoms. The average molecular weight is 1870 g/mol. The molecule has 131 heavy (non-hydrogen) atoms. The number of fused-ring (bicyclic) bond motifs is 12. The van der Waals surface area contributed by atoms with E-state index in [9.17, 15) is 0 Å². The molecule has 0 unspecified atom stereocenters. The monoisotopic (exact) mass is 1870 g/mol. The zero-order chi connectivity index (χ0) is 88.0. The second-order valence-corrected chi connectivity index (χ2v) is 35.9. The fourth-order valence-electron chi connectivity index (χ4n) is 19.0. The van der Waals surface area contributed by atoms with Crippen LogP contribution in [0.2, 0.25) is 0 Å². The normalized spacial score (nSPS) is 15.7. The van der Waals surface area contributed by atoms with Gasteiger partial charge in [0.25, 0.3) is 46.7 Å². The van der Waals surface area contributed by atoms with Gasteiger partial charge < -0.3 is 20.4 Å². The Morgan fingerprint density at radius 3 is 0.733 bits per heavy atom. The van der Waals surface area contributed by atoms with Gasteiger partial charge in [0.05, 0.1) is 44.5 Å². The van der Waals surface area contributed by atoms with Crippen molar-refractivity contribution in [1.29, 1.82) is 0 Å². The van der Waals surface area contributed by atoms with Gasteiger partial charge in [-0.05, 0) is 298 Å². The molecule has 0 aliphatic carbocycles. The second kappa shape index (κ2) is 50.4. The maximum absolute atomic E-state index is 7.05. The van der Waals surface area contributed by atoms with E-state index in [0.29, 0.717) is 17.2 Å². The minimum Gasteiger partial charge on any atom is -1.00 e. The van der Waals surface area contributed by atoms with Gasteiger partial charge in [0, 0.05) is 0 Å². The summed E-state index contributed by atoms with van der Waals surface area (Å²) >= 11 is 0. The van der Waals surface area contributed by atoms with E-state index in [1.54, 1.807) is 0 Å². The number of unbranched alkanes of at least 4 members (excludes halogenated alkanes) is 24. The van der Waals surface area contributed by atoms with Crippen molar-refractivity contribution in [2.75, 3.05) is 0 Å². The minimum absolute atomic E-state index is 0. The van der Waals surface area contributed by atoms with Crippen molar-refractivity contribution in [2.24, 2.45) is 20.0 Å². The van der Waals surface area contributed by atoms with Gasteiger partial charge in [-0.2, -0.15) is 0 Å². The van der Waals surface area contributed by atoms with Gasteiger partial charge in [0.15, 0.2) is 0 Å². The number of benzene rings is 8. The molecule has 1 atom stereocenters. The second-order valence-electron chi connectivity index (χ2n) is 35.9. The van der Waals surface area contributed by atoms with Crippen LogP contribution in [0.4, 0.5) is 0 Å². The Hall–Kier alpha value is -9.71. The smallest absolute Gasteiger partial charge is 1.00 e. The van der Waals surface area contributed by atoms with Crippen LogP contribution >= 0.6 is 0 Å². The zero-order valence-electron chi connectivity index (χ0n) is 79.4. The first-order valence-corrected chi connectivity index (χ1v) is 49.8. The van der Waals surface area contributed by atoms with Crippen molar-refractivity contribution >= 4 is 46.7 Å². The molecule has 0 N–H and O–H groups in total. The van der Waals surface area contributed by atoms with Crippen molar-refractivity contribution < 1.29 is 108 Å². The van der Waals surface area contributed by atoms with Gasteiger partial charge in [-0.1, -0.05) is 304 Å². The Balaban J connectivity index is 0.00000494. The quantitative estimate of drug-likeness (QED) is 0.0215. The molecule has 8 aliphatic rings. The SMILES string of the molecule is C.CCC/C=C/C/C=C/CCCCCCCc1cccc(Oc2ccc3c(c2)C2=NC4=[N+]5C(=NC6=[N+]7C(=NC8=[N+]9C(=NC3=[N+]2[C@]597)c2ccc(Oc3cccc(CCCCCCC/C=C/C/C=C/CCC)c3)cc28)c2ccc(Oc3cccc(CCCCCCC/C=C/C/C=C/CCC)c3)cc26)c2ccc(Oc3cccc(CCCCCCC/C=C/C/C=C/CCC)c3)cc24)c1.[Cs+].[H-]. The van der Waals surface area contributed by atoms with Crippen molar-refractivity contribution in [3.05, 3.63) is 334 Å². The molecule has 0 saturated carbocycles. The number of ether oxygens (including phenoxy) is 4. The Morgan fingerprint density at radius 2 is 0.458 bits per heavy atom. The van der Waals surface area contributed by atoms with Gasteiger partial charge in [0.2, 0.25) is 0 Å². The first-order valence-electron chi connectivity index (χ1n) is 49.8. The molecule has 0 radical (unpaired) electrons. The summed E-state index contributed by atoms with van der Waals surface area (Å²) in [7, 11) is 0. The molecule has 1 spiro atoms. The number of hydrogen-bond acceptors (Lipinski definition) is 8. The molecule has 0 aromatic heterocycles. The van der Waals surface area contributed by atoms with Crippen molar-refractivity contribution in [2.45, 2.75) is 298 Å². The predicted octanol–water partition coefficient (Wildman–Crippen LogP) is 28.2. The Morgan fingerprint density at radius 1 is 0.237 bits per heavy atom.